The number of carbonyl (C=O) groups is 1. The maximum atomic E-state index is 12.0. The van der Waals surface area contributed by atoms with Gasteiger partial charge in [0.15, 0.2) is 4.96 Å². The number of hydrogen-bond donors (Lipinski definition) is 0. The van der Waals surface area contributed by atoms with Crippen LogP contribution in [0.2, 0.25) is 10.0 Å². The fourth-order valence-electron chi connectivity index (χ4n) is 1.83. The van der Waals surface area contributed by atoms with Crippen LogP contribution in [0.3, 0.4) is 0 Å². The van der Waals surface area contributed by atoms with Gasteiger partial charge in [-0.1, -0.05) is 23.2 Å². The minimum Gasteiger partial charge on any atom is -0.456 e. The Labute approximate surface area is 138 Å². The number of fused-ring (bicyclic) bond motifs is 1. The fraction of sp³-hybridized carbons (Fsp3) is 0.0714. The maximum Gasteiger partial charge on any atom is 0.340 e. The smallest absolute Gasteiger partial charge is 0.340 e. The number of thiazole rings is 1. The Morgan fingerprint density at radius 1 is 1.32 bits per heavy atom. The molecule has 3 aromatic rings. The summed E-state index contributed by atoms with van der Waals surface area (Å²) >= 11 is 13.1. The van der Waals surface area contributed by atoms with Gasteiger partial charge in [-0.15, -0.1) is 11.3 Å². The van der Waals surface area contributed by atoms with Gasteiger partial charge in [0.2, 0.25) is 0 Å². The first-order valence-corrected chi connectivity index (χ1v) is 7.76. The predicted octanol–water partition coefficient (Wildman–Crippen LogP) is 3.42. The summed E-state index contributed by atoms with van der Waals surface area (Å²) in [5.74, 6) is -0.624. The molecule has 3 rings (SSSR count). The number of hydrogen-bond acceptors (Lipinski definition) is 5. The van der Waals surface area contributed by atoms with E-state index in [1.54, 1.807) is 17.6 Å². The highest BCUT2D eigenvalue weighted by Gasteiger charge is 2.13. The Bertz CT molecular complexity index is 920. The molecule has 0 radical (unpaired) electrons. The van der Waals surface area contributed by atoms with Gasteiger partial charge in [0.1, 0.15) is 6.61 Å². The van der Waals surface area contributed by atoms with Crippen molar-refractivity contribution in [1.29, 1.82) is 0 Å². The molecule has 0 unspecified atom stereocenters. The summed E-state index contributed by atoms with van der Waals surface area (Å²) in [7, 11) is 0. The van der Waals surface area contributed by atoms with Gasteiger partial charge in [0, 0.05) is 22.7 Å². The third-order valence-electron chi connectivity index (χ3n) is 2.86. The van der Waals surface area contributed by atoms with Crippen LogP contribution in [-0.2, 0) is 11.3 Å². The number of ether oxygens (including phenoxy) is 1. The van der Waals surface area contributed by atoms with Crippen molar-refractivity contribution in [1.82, 2.24) is 9.38 Å². The standard InChI is InChI=1S/C14H8Cl2N2O3S/c15-8-1-2-11(16)10(5-8)13(20)21-7-9-6-12(19)18-3-4-22-14(18)17-9/h1-6H,7H2. The fourth-order valence-corrected chi connectivity index (χ4v) is 2.94. The van der Waals surface area contributed by atoms with Crippen molar-refractivity contribution in [3.63, 3.8) is 0 Å². The van der Waals surface area contributed by atoms with Gasteiger partial charge in [-0.2, -0.15) is 0 Å². The van der Waals surface area contributed by atoms with E-state index in [0.717, 1.165) is 0 Å². The molecule has 22 heavy (non-hydrogen) atoms. The zero-order valence-electron chi connectivity index (χ0n) is 11.0. The molecular weight excluding hydrogens is 347 g/mol. The molecule has 0 aliphatic carbocycles. The van der Waals surface area contributed by atoms with E-state index in [0.29, 0.717) is 15.7 Å². The van der Waals surface area contributed by atoms with E-state index in [1.807, 2.05) is 0 Å². The molecule has 0 amide bonds. The first-order valence-electron chi connectivity index (χ1n) is 6.12. The molecule has 112 valence electrons. The molecule has 0 saturated carbocycles. The number of carbonyl (C=O) groups excluding carboxylic acids is 1. The van der Waals surface area contributed by atoms with Crippen LogP contribution >= 0.6 is 34.5 Å². The highest BCUT2D eigenvalue weighted by Crippen LogP contribution is 2.21. The molecular formula is C14H8Cl2N2O3S. The number of halogens is 2. The number of esters is 1. The quantitative estimate of drug-likeness (QED) is 0.676. The monoisotopic (exact) mass is 354 g/mol. The lowest BCUT2D eigenvalue weighted by atomic mass is 10.2. The summed E-state index contributed by atoms with van der Waals surface area (Å²) in [5, 5.41) is 2.38. The summed E-state index contributed by atoms with van der Waals surface area (Å²) in [6, 6.07) is 5.85. The Kier molecular flexibility index (Phi) is 4.15. The van der Waals surface area contributed by atoms with E-state index in [-0.39, 0.29) is 22.8 Å². The largest absolute Gasteiger partial charge is 0.456 e. The average molecular weight is 355 g/mol. The maximum absolute atomic E-state index is 12.0. The van der Waals surface area contributed by atoms with E-state index in [9.17, 15) is 9.59 Å². The lowest BCUT2D eigenvalue weighted by molar-refractivity contribution is 0.0468. The van der Waals surface area contributed by atoms with Crippen molar-refractivity contribution in [3.8, 4) is 0 Å². The van der Waals surface area contributed by atoms with Gasteiger partial charge in [0.25, 0.3) is 5.56 Å². The zero-order valence-corrected chi connectivity index (χ0v) is 13.3. The van der Waals surface area contributed by atoms with Crippen LogP contribution in [0.5, 0.6) is 0 Å². The Morgan fingerprint density at radius 2 is 2.14 bits per heavy atom. The number of rotatable bonds is 3. The van der Waals surface area contributed by atoms with E-state index >= 15 is 0 Å². The molecule has 0 atom stereocenters. The van der Waals surface area contributed by atoms with Crippen molar-refractivity contribution in [2.24, 2.45) is 0 Å². The van der Waals surface area contributed by atoms with Crippen LogP contribution in [0.25, 0.3) is 4.96 Å². The molecule has 2 aromatic heterocycles. The zero-order chi connectivity index (χ0) is 15.7. The van der Waals surface area contributed by atoms with Crippen LogP contribution in [0.15, 0.2) is 40.6 Å². The van der Waals surface area contributed by atoms with Gasteiger partial charge in [-0.25, -0.2) is 9.78 Å². The first kappa shape index (κ1) is 15.0. The Morgan fingerprint density at radius 3 is 2.95 bits per heavy atom. The second-order valence-corrected chi connectivity index (χ2v) is 6.06. The molecule has 0 spiro atoms. The number of aromatic nitrogens is 2. The van der Waals surface area contributed by atoms with Crippen LogP contribution in [-0.4, -0.2) is 15.4 Å². The molecule has 0 aliphatic rings. The average Bonchev–Trinajstić information content (AvgIpc) is 2.96. The van der Waals surface area contributed by atoms with Gasteiger partial charge in [0.05, 0.1) is 16.3 Å². The highest BCUT2D eigenvalue weighted by molar-refractivity contribution is 7.15. The van der Waals surface area contributed by atoms with Crippen molar-refractivity contribution in [2.75, 3.05) is 0 Å². The van der Waals surface area contributed by atoms with Crippen molar-refractivity contribution < 1.29 is 9.53 Å². The SMILES string of the molecule is O=C(OCc1cc(=O)n2ccsc2n1)c1cc(Cl)ccc1Cl. The molecule has 8 heteroatoms. The van der Waals surface area contributed by atoms with E-state index in [1.165, 1.54) is 33.9 Å². The first-order chi connectivity index (χ1) is 10.5. The van der Waals surface area contributed by atoms with Crippen LogP contribution < -0.4 is 5.56 Å². The van der Waals surface area contributed by atoms with Crippen molar-refractivity contribution in [3.05, 3.63) is 67.5 Å². The van der Waals surface area contributed by atoms with E-state index in [2.05, 4.69) is 4.98 Å². The number of benzene rings is 1. The normalized spacial score (nSPS) is 10.8. The summed E-state index contributed by atoms with van der Waals surface area (Å²) in [6.07, 6.45) is 1.64. The minimum absolute atomic E-state index is 0.120. The molecule has 1 aromatic carbocycles. The Balaban J connectivity index is 1.80. The molecule has 0 N–H and O–H groups in total. The lowest BCUT2D eigenvalue weighted by Crippen LogP contribution is -2.14. The summed E-state index contributed by atoms with van der Waals surface area (Å²) in [4.78, 5) is 28.6. The third kappa shape index (κ3) is 2.99. The van der Waals surface area contributed by atoms with Crippen LogP contribution in [0, 0.1) is 0 Å². The molecule has 0 aliphatic heterocycles. The minimum atomic E-state index is -0.624. The highest BCUT2D eigenvalue weighted by atomic mass is 35.5. The Hall–Kier alpha value is -1.89. The van der Waals surface area contributed by atoms with Gasteiger partial charge >= 0.3 is 5.97 Å². The molecule has 2 heterocycles. The second-order valence-electron chi connectivity index (χ2n) is 4.34. The summed E-state index contributed by atoms with van der Waals surface area (Å²) in [5.41, 5.74) is 0.320. The topological polar surface area (TPSA) is 60.7 Å². The van der Waals surface area contributed by atoms with Gasteiger partial charge < -0.3 is 4.74 Å². The van der Waals surface area contributed by atoms with Crippen LogP contribution in [0.1, 0.15) is 16.1 Å². The lowest BCUT2D eigenvalue weighted by Gasteiger charge is -2.06. The summed E-state index contributed by atoms with van der Waals surface area (Å²) in [6.45, 7) is -0.120. The molecule has 5 nitrogen and oxygen atoms in total. The molecule has 0 saturated heterocycles. The molecule has 0 fully saturated rings. The molecule has 0 bridgehead atoms. The summed E-state index contributed by atoms with van der Waals surface area (Å²) < 4.78 is 6.56. The third-order valence-corrected chi connectivity index (χ3v) is 4.18. The predicted molar refractivity (Wildman–Crippen MR) is 84.9 cm³/mol. The van der Waals surface area contributed by atoms with Gasteiger partial charge in [-0.05, 0) is 18.2 Å². The van der Waals surface area contributed by atoms with Crippen molar-refractivity contribution >= 4 is 45.5 Å². The second kappa shape index (κ2) is 6.08. The van der Waals surface area contributed by atoms with Crippen molar-refractivity contribution in [2.45, 2.75) is 6.61 Å². The number of nitrogens with zero attached hydrogens (tertiary/aromatic N) is 2. The van der Waals surface area contributed by atoms with E-state index < -0.39 is 5.97 Å². The van der Waals surface area contributed by atoms with Crippen LogP contribution in [0.4, 0.5) is 0 Å². The van der Waals surface area contributed by atoms with E-state index in [4.69, 9.17) is 27.9 Å². The van der Waals surface area contributed by atoms with Gasteiger partial charge in [-0.3, -0.25) is 9.20 Å².